The first-order chi connectivity index (χ1) is 10.5. The van der Waals surface area contributed by atoms with Gasteiger partial charge in [0.05, 0.1) is 16.1 Å². The maximum atomic E-state index is 11.9. The number of hydrogen-bond donors (Lipinski definition) is 1. The molecule has 1 amide bonds. The van der Waals surface area contributed by atoms with Gasteiger partial charge in [-0.15, -0.1) is 0 Å². The van der Waals surface area contributed by atoms with Crippen LogP contribution in [0.4, 0.5) is 5.13 Å². The van der Waals surface area contributed by atoms with Crippen molar-refractivity contribution >= 4 is 38.6 Å². The van der Waals surface area contributed by atoms with Crippen LogP contribution in [0, 0.1) is 19.8 Å². The number of aryl methyl sites for hydroxylation is 2. The van der Waals surface area contributed by atoms with Crippen molar-refractivity contribution < 1.29 is 14.3 Å². The molecule has 1 aromatic carbocycles. The number of hydrogen-bond acceptors (Lipinski definition) is 5. The number of rotatable bonds is 4. The normalized spacial score (nSPS) is 14.6. The Morgan fingerprint density at radius 1 is 1.36 bits per heavy atom. The number of amides is 1. The quantitative estimate of drug-likeness (QED) is 0.879. The molecule has 1 aromatic heterocycles. The summed E-state index contributed by atoms with van der Waals surface area (Å²) in [6, 6.07) is 4.11. The minimum atomic E-state index is -0.346. The van der Waals surface area contributed by atoms with Crippen LogP contribution in [0.2, 0.25) is 0 Å². The van der Waals surface area contributed by atoms with Gasteiger partial charge in [-0.05, 0) is 43.9 Å². The Labute approximate surface area is 132 Å². The summed E-state index contributed by atoms with van der Waals surface area (Å²) in [6.07, 6.45) is 2.81. The Kier molecular flexibility index (Phi) is 4.11. The second-order valence-electron chi connectivity index (χ2n) is 5.73. The lowest BCUT2D eigenvalue weighted by molar-refractivity contribution is -0.154. The molecule has 0 radical (unpaired) electrons. The van der Waals surface area contributed by atoms with Crippen molar-refractivity contribution in [3.8, 4) is 0 Å². The fourth-order valence-electron chi connectivity index (χ4n) is 2.48. The third kappa shape index (κ3) is 3.11. The van der Waals surface area contributed by atoms with Crippen LogP contribution in [0.15, 0.2) is 12.1 Å². The number of fused-ring (bicyclic) bond motifs is 1. The fourth-order valence-corrected chi connectivity index (χ4v) is 3.54. The molecule has 1 heterocycles. The van der Waals surface area contributed by atoms with E-state index >= 15 is 0 Å². The molecule has 1 aliphatic carbocycles. The van der Waals surface area contributed by atoms with Crippen LogP contribution >= 0.6 is 11.3 Å². The highest BCUT2D eigenvalue weighted by Gasteiger charge is 2.27. The molecule has 0 spiro atoms. The van der Waals surface area contributed by atoms with Gasteiger partial charge >= 0.3 is 5.97 Å². The van der Waals surface area contributed by atoms with E-state index in [1.165, 1.54) is 16.9 Å². The summed E-state index contributed by atoms with van der Waals surface area (Å²) in [5, 5.41) is 3.24. The van der Waals surface area contributed by atoms with Gasteiger partial charge < -0.3 is 4.74 Å². The zero-order valence-corrected chi connectivity index (χ0v) is 13.5. The second-order valence-corrected chi connectivity index (χ2v) is 6.76. The molecule has 5 nitrogen and oxygen atoms in total. The van der Waals surface area contributed by atoms with Gasteiger partial charge in [0.2, 0.25) is 0 Å². The molecular weight excluding hydrogens is 300 g/mol. The fraction of sp³-hybridized carbons (Fsp3) is 0.438. The number of nitrogens with one attached hydrogen (secondary N) is 1. The zero-order chi connectivity index (χ0) is 15.7. The molecule has 22 heavy (non-hydrogen) atoms. The first kappa shape index (κ1) is 15.0. The average Bonchev–Trinajstić information content (AvgIpc) is 2.77. The molecular formula is C16H18N2O3S. The standard InChI is InChI=1S/C16H18N2O3S/c1-9-6-10(2)14-12(7-9)22-16(18-14)17-13(19)8-21-15(20)11-4-3-5-11/h6-7,11H,3-5,8H2,1-2H3,(H,17,18,19). The van der Waals surface area contributed by atoms with Crippen molar-refractivity contribution in [2.45, 2.75) is 33.1 Å². The monoisotopic (exact) mass is 318 g/mol. The number of esters is 1. The highest BCUT2D eigenvalue weighted by Crippen LogP contribution is 2.29. The van der Waals surface area contributed by atoms with E-state index in [0.29, 0.717) is 5.13 Å². The van der Waals surface area contributed by atoms with Crippen LogP contribution < -0.4 is 5.32 Å². The minimum absolute atomic E-state index is 0.0131. The van der Waals surface area contributed by atoms with Crippen LogP contribution in [-0.4, -0.2) is 23.5 Å². The van der Waals surface area contributed by atoms with Crippen molar-refractivity contribution in [3.63, 3.8) is 0 Å². The molecule has 1 fully saturated rings. The first-order valence-corrected chi connectivity index (χ1v) is 8.19. The Morgan fingerprint density at radius 3 is 2.82 bits per heavy atom. The number of anilines is 1. The Morgan fingerprint density at radius 2 is 2.14 bits per heavy atom. The molecule has 2 aromatic rings. The van der Waals surface area contributed by atoms with Crippen molar-refractivity contribution in [1.29, 1.82) is 0 Å². The molecule has 1 aliphatic rings. The van der Waals surface area contributed by atoms with E-state index in [4.69, 9.17) is 4.74 Å². The van der Waals surface area contributed by atoms with Gasteiger partial charge in [-0.2, -0.15) is 0 Å². The van der Waals surface area contributed by atoms with E-state index in [2.05, 4.69) is 16.4 Å². The second kappa shape index (κ2) is 6.04. The van der Waals surface area contributed by atoms with Gasteiger partial charge in [-0.1, -0.05) is 23.8 Å². The number of carbonyl (C=O) groups is 2. The lowest BCUT2D eigenvalue weighted by Gasteiger charge is -2.22. The van der Waals surface area contributed by atoms with E-state index in [-0.39, 0.29) is 24.4 Å². The summed E-state index contributed by atoms with van der Waals surface area (Å²) in [7, 11) is 0. The molecule has 3 rings (SSSR count). The van der Waals surface area contributed by atoms with Crippen LogP contribution in [0.1, 0.15) is 30.4 Å². The van der Waals surface area contributed by atoms with Gasteiger partial charge in [0, 0.05) is 0 Å². The smallest absolute Gasteiger partial charge is 0.309 e. The number of nitrogens with zero attached hydrogens (tertiary/aromatic N) is 1. The number of thiazole rings is 1. The summed E-state index contributed by atoms with van der Waals surface area (Å²) in [5.41, 5.74) is 3.15. The summed E-state index contributed by atoms with van der Waals surface area (Å²) in [6.45, 7) is 3.79. The molecule has 1 saturated carbocycles. The lowest BCUT2D eigenvalue weighted by Crippen LogP contribution is -2.28. The van der Waals surface area contributed by atoms with Gasteiger partial charge in [-0.25, -0.2) is 4.98 Å². The van der Waals surface area contributed by atoms with E-state index < -0.39 is 0 Å². The third-order valence-corrected chi connectivity index (χ3v) is 4.78. The van der Waals surface area contributed by atoms with Crippen molar-refractivity contribution in [2.75, 3.05) is 11.9 Å². The SMILES string of the molecule is Cc1cc(C)c2nc(NC(=O)COC(=O)C3CCC3)sc2c1. The highest BCUT2D eigenvalue weighted by atomic mass is 32.1. The van der Waals surface area contributed by atoms with Crippen molar-refractivity contribution in [1.82, 2.24) is 4.98 Å². The molecule has 0 atom stereocenters. The molecule has 116 valence electrons. The predicted molar refractivity (Wildman–Crippen MR) is 86.0 cm³/mol. The molecule has 1 N–H and O–H groups in total. The summed E-state index contributed by atoms with van der Waals surface area (Å²) in [4.78, 5) is 27.9. The van der Waals surface area contributed by atoms with Crippen LogP contribution in [0.25, 0.3) is 10.2 Å². The topological polar surface area (TPSA) is 68.3 Å². The number of benzene rings is 1. The van der Waals surface area contributed by atoms with E-state index in [1.54, 1.807) is 0 Å². The molecule has 0 bridgehead atoms. The van der Waals surface area contributed by atoms with Gasteiger partial charge in [-0.3, -0.25) is 14.9 Å². The molecule has 0 saturated heterocycles. The zero-order valence-electron chi connectivity index (χ0n) is 12.6. The number of ether oxygens (including phenoxy) is 1. The summed E-state index contributed by atoms with van der Waals surface area (Å²) < 4.78 is 6.06. The Balaban J connectivity index is 1.61. The van der Waals surface area contributed by atoms with E-state index in [0.717, 1.165) is 35.0 Å². The number of carbonyl (C=O) groups excluding carboxylic acids is 2. The van der Waals surface area contributed by atoms with Gasteiger partial charge in [0.1, 0.15) is 0 Å². The maximum absolute atomic E-state index is 11.9. The van der Waals surface area contributed by atoms with Crippen LogP contribution in [-0.2, 0) is 14.3 Å². The highest BCUT2D eigenvalue weighted by molar-refractivity contribution is 7.22. The lowest BCUT2D eigenvalue weighted by atomic mass is 9.86. The summed E-state index contributed by atoms with van der Waals surface area (Å²) >= 11 is 1.43. The maximum Gasteiger partial charge on any atom is 0.309 e. The average molecular weight is 318 g/mol. The predicted octanol–water partition coefficient (Wildman–Crippen LogP) is 3.19. The summed E-state index contributed by atoms with van der Waals surface area (Å²) in [5.74, 6) is -0.626. The number of aromatic nitrogens is 1. The largest absolute Gasteiger partial charge is 0.455 e. The minimum Gasteiger partial charge on any atom is -0.455 e. The van der Waals surface area contributed by atoms with Crippen LogP contribution in [0.5, 0.6) is 0 Å². The van der Waals surface area contributed by atoms with Crippen LogP contribution in [0.3, 0.4) is 0 Å². The Bertz CT molecular complexity index is 734. The molecule has 0 unspecified atom stereocenters. The van der Waals surface area contributed by atoms with Crippen molar-refractivity contribution in [3.05, 3.63) is 23.3 Å². The first-order valence-electron chi connectivity index (χ1n) is 7.37. The molecule has 6 heteroatoms. The van der Waals surface area contributed by atoms with E-state index in [1.807, 2.05) is 19.9 Å². The Hall–Kier alpha value is -1.95. The molecule has 0 aliphatic heterocycles. The van der Waals surface area contributed by atoms with Gasteiger partial charge in [0.25, 0.3) is 5.91 Å². The third-order valence-electron chi connectivity index (χ3n) is 3.86. The van der Waals surface area contributed by atoms with Crippen molar-refractivity contribution in [2.24, 2.45) is 5.92 Å². The van der Waals surface area contributed by atoms with E-state index in [9.17, 15) is 9.59 Å². The van der Waals surface area contributed by atoms with Gasteiger partial charge in [0.15, 0.2) is 11.7 Å².